The largest absolute Gasteiger partial charge is 0.508 e. The van der Waals surface area contributed by atoms with Gasteiger partial charge in [0.05, 0.1) is 5.56 Å². The Labute approximate surface area is 221 Å². The first-order chi connectivity index (χ1) is 17.6. The van der Waals surface area contributed by atoms with Gasteiger partial charge in [0.1, 0.15) is 22.8 Å². The molecule has 7 nitrogen and oxygen atoms in total. The normalized spacial score (nSPS) is 32.7. The summed E-state index contributed by atoms with van der Waals surface area (Å²) in [6.07, 6.45) is 5.10. The summed E-state index contributed by atoms with van der Waals surface area (Å²) < 4.78 is 0. The topological polar surface area (TPSA) is 132 Å². The molecule has 5 rings (SSSR count). The number of phenols is 1. The maximum Gasteiger partial charge on any atom is 0.203 e. The molecule has 4 atom stereocenters. The van der Waals surface area contributed by atoms with Crippen LogP contribution in [-0.4, -0.2) is 43.4 Å². The molecule has 0 aromatic heterocycles. The average Bonchev–Trinajstić information content (AvgIpc) is 3.21. The van der Waals surface area contributed by atoms with Gasteiger partial charge in [-0.1, -0.05) is 51.5 Å². The van der Waals surface area contributed by atoms with Crippen LogP contribution >= 0.6 is 0 Å². The van der Waals surface area contributed by atoms with Crippen molar-refractivity contribution < 1.29 is 34.8 Å². The first kappa shape index (κ1) is 26.2. The van der Waals surface area contributed by atoms with Crippen molar-refractivity contribution in [1.29, 1.82) is 0 Å². The molecule has 200 valence electrons. The minimum atomic E-state index is -2.60. The van der Waals surface area contributed by atoms with Crippen molar-refractivity contribution in [1.82, 2.24) is 0 Å². The molecule has 1 fully saturated rings. The number of ketones is 3. The monoisotopic (exact) mass is 518 g/mol. The molecule has 4 aliphatic rings. The second-order valence-electron chi connectivity index (χ2n) is 12.3. The van der Waals surface area contributed by atoms with Crippen molar-refractivity contribution in [3.05, 3.63) is 63.5 Å². The lowest BCUT2D eigenvalue weighted by Gasteiger charge is -2.59. The van der Waals surface area contributed by atoms with Crippen molar-refractivity contribution in [3.8, 4) is 5.75 Å². The highest BCUT2D eigenvalue weighted by Crippen LogP contribution is 2.65. The third-order valence-electron chi connectivity index (χ3n) is 9.27. The number of aliphatic hydroxyl groups excluding tert-OH is 2. The number of phenolic OH excluding ortho intramolecular Hbond substituents is 1. The maximum atomic E-state index is 14.3. The van der Waals surface area contributed by atoms with Gasteiger partial charge in [-0.2, -0.15) is 0 Å². The van der Waals surface area contributed by atoms with Crippen LogP contribution in [0.25, 0.3) is 11.3 Å². The molecule has 0 heterocycles. The third-order valence-corrected chi connectivity index (χ3v) is 9.27. The second-order valence-corrected chi connectivity index (χ2v) is 12.3. The molecular formula is C31H34O7. The maximum absolute atomic E-state index is 14.3. The molecule has 4 N–H and O–H groups in total. The number of fused-ring (bicyclic) bond motifs is 3. The number of carbonyl (C=O) groups excluding carboxylic acids is 3. The number of carbonyl (C=O) groups is 3. The van der Waals surface area contributed by atoms with E-state index in [1.54, 1.807) is 20.8 Å². The molecular weight excluding hydrogens is 484 g/mol. The minimum Gasteiger partial charge on any atom is -0.508 e. The Hall–Kier alpha value is -3.45. The lowest BCUT2D eigenvalue weighted by Crippen LogP contribution is -2.69. The Morgan fingerprint density at radius 3 is 2.29 bits per heavy atom. The number of hydrogen-bond donors (Lipinski definition) is 4. The summed E-state index contributed by atoms with van der Waals surface area (Å²) in [5.41, 5.74) is -1.88. The van der Waals surface area contributed by atoms with Crippen molar-refractivity contribution in [2.75, 3.05) is 0 Å². The molecule has 4 aliphatic carbocycles. The highest BCUT2D eigenvalue weighted by molar-refractivity contribution is 6.24. The van der Waals surface area contributed by atoms with Crippen LogP contribution in [0, 0.1) is 22.7 Å². The summed E-state index contributed by atoms with van der Waals surface area (Å²) in [7, 11) is 0. The van der Waals surface area contributed by atoms with E-state index in [1.807, 2.05) is 32.1 Å². The zero-order valence-corrected chi connectivity index (χ0v) is 22.6. The van der Waals surface area contributed by atoms with E-state index in [4.69, 9.17) is 0 Å². The van der Waals surface area contributed by atoms with Crippen LogP contribution in [0.2, 0.25) is 0 Å². The Kier molecular flexibility index (Phi) is 5.53. The van der Waals surface area contributed by atoms with E-state index < -0.39 is 56.8 Å². The van der Waals surface area contributed by atoms with Crippen LogP contribution in [0.1, 0.15) is 71.1 Å². The number of allylic oxidation sites excluding steroid dienone is 5. The molecule has 1 aromatic rings. The Morgan fingerprint density at radius 2 is 1.74 bits per heavy atom. The molecule has 0 aliphatic heterocycles. The van der Waals surface area contributed by atoms with Crippen molar-refractivity contribution in [2.45, 2.75) is 66.4 Å². The van der Waals surface area contributed by atoms with E-state index in [2.05, 4.69) is 0 Å². The molecule has 0 saturated heterocycles. The first-order valence-corrected chi connectivity index (χ1v) is 13.0. The second kappa shape index (κ2) is 8.03. The van der Waals surface area contributed by atoms with E-state index in [9.17, 15) is 34.8 Å². The van der Waals surface area contributed by atoms with Gasteiger partial charge in [0.15, 0.2) is 17.2 Å². The fourth-order valence-corrected chi connectivity index (χ4v) is 7.87. The van der Waals surface area contributed by atoms with Crippen molar-refractivity contribution >= 4 is 28.7 Å². The van der Waals surface area contributed by atoms with E-state index in [0.29, 0.717) is 5.56 Å². The quantitative estimate of drug-likeness (QED) is 0.418. The SMILES string of the molecule is CC(=O)C1=C(O)[C@]2(O)C(=O)C3=C(O)c4c(O)ccc(C5=CC=C(C)C5)c4C[C@]3(C)C[C@]2(C)C(C(C)C)C1=O. The predicted molar refractivity (Wildman–Crippen MR) is 142 cm³/mol. The summed E-state index contributed by atoms with van der Waals surface area (Å²) in [5, 5.41) is 45.7. The van der Waals surface area contributed by atoms with Gasteiger partial charge in [-0.05, 0) is 61.8 Å². The van der Waals surface area contributed by atoms with Gasteiger partial charge >= 0.3 is 0 Å². The molecule has 7 heteroatoms. The molecule has 38 heavy (non-hydrogen) atoms. The van der Waals surface area contributed by atoms with E-state index >= 15 is 0 Å². The summed E-state index contributed by atoms with van der Waals surface area (Å²) in [6.45, 7) is 10.2. The fraction of sp³-hybridized carbons (Fsp3) is 0.452. The number of hydrogen-bond acceptors (Lipinski definition) is 7. The van der Waals surface area contributed by atoms with Gasteiger partial charge in [-0.3, -0.25) is 14.4 Å². The number of aliphatic hydroxyl groups is 3. The highest BCUT2D eigenvalue weighted by Gasteiger charge is 2.72. The Bertz CT molecular complexity index is 1470. The molecule has 0 amide bonds. The number of aromatic hydroxyl groups is 1. The summed E-state index contributed by atoms with van der Waals surface area (Å²) in [6, 6.07) is 3.29. The smallest absolute Gasteiger partial charge is 0.203 e. The van der Waals surface area contributed by atoms with Gasteiger partial charge < -0.3 is 20.4 Å². The van der Waals surface area contributed by atoms with Crippen LogP contribution in [0.5, 0.6) is 5.75 Å². The summed E-state index contributed by atoms with van der Waals surface area (Å²) in [5.74, 6) is -5.17. The molecule has 0 bridgehead atoms. The number of Topliss-reactive ketones (excluding diaryl/α,β-unsaturated/α-hetero) is 3. The third kappa shape index (κ3) is 3.08. The Morgan fingerprint density at radius 1 is 1.08 bits per heavy atom. The summed E-state index contributed by atoms with van der Waals surface area (Å²) in [4.78, 5) is 40.4. The lowest BCUT2D eigenvalue weighted by molar-refractivity contribution is -0.178. The lowest BCUT2D eigenvalue weighted by atomic mass is 9.43. The van der Waals surface area contributed by atoms with Crippen LogP contribution < -0.4 is 0 Å². The van der Waals surface area contributed by atoms with Gasteiger partial charge in [0.2, 0.25) is 5.78 Å². The van der Waals surface area contributed by atoms with E-state index in [1.165, 1.54) is 11.6 Å². The fourth-order valence-electron chi connectivity index (χ4n) is 7.87. The van der Waals surface area contributed by atoms with Crippen LogP contribution in [0.15, 0.2) is 46.8 Å². The molecule has 0 spiro atoms. The zero-order chi connectivity index (χ0) is 28.1. The first-order valence-electron chi connectivity index (χ1n) is 13.0. The highest BCUT2D eigenvalue weighted by atomic mass is 16.3. The van der Waals surface area contributed by atoms with Crippen LogP contribution in [-0.2, 0) is 20.8 Å². The zero-order valence-electron chi connectivity index (χ0n) is 22.6. The average molecular weight is 519 g/mol. The van der Waals surface area contributed by atoms with Gasteiger partial charge in [0.25, 0.3) is 0 Å². The molecule has 1 aromatic carbocycles. The summed E-state index contributed by atoms with van der Waals surface area (Å²) >= 11 is 0. The minimum absolute atomic E-state index is 0.0797. The van der Waals surface area contributed by atoms with Gasteiger partial charge in [-0.15, -0.1) is 0 Å². The van der Waals surface area contributed by atoms with Crippen LogP contribution in [0.3, 0.4) is 0 Å². The molecule has 0 radical (unpaired) electrons. The van der Waals surface area contributed by atoms with Gasteiger partial charge in [0, 0.05) is 22.3 Å². The van der Waals surface area contributed by atoms with E-state index in [0.717, 1.165) is 24.5 Å². The standard InChI is InChI=1S/C31H34O7/c1-14(2)23-25(34)21(16(4)32)27(36)31(38)28(37)24-26(35)22-19(12-29(24,5)13-30(23,31)6)18(9-10-20(22)33)17-8-7-15(3)11-17/h7-10,14,23,33,35-36,38H,11-13H2,1-6H3/t23?,29-,30-,31+/m1/s1. The van der Waals surface area contributed by atoms with Crippen LogP contribution in [0.4, 0.5) is 0 Å². The van der Waals surface area contributed by atoms with Crippen molar-refractivity contribution in [3.63, 3.8) is 0 Å². The molecule has 1 saturated carbocycles. The predicted octanol–water partition coefficient (Wildman–Crippen LogP) is 4.92. The number of benzene rings is 1. The number of rotatable bonds is 3. The van der Waals surface area contributed by atoms with E-state index in [-0.39, 0.29) is 35.6 Å². The Balaban J connectivity index is 1.81. The van der Waals surface area contributed by atoms with Gasteiger partial charge in [-0.25, -0.2) is 0 Å². The molecule has 1 unspecified atom stereocenters. The van der Waals surface area contributed by atoms with Crippen molar-refractivity contribution in [2.24, 2.45) is 22.7 Å².